The van der Waals surface area contributed by atoms with Crippen LogP contribution in [0.25, 0.3) is 0 Å². The number of aryl methyl sites for hydroxylation is 1. The molecule has 0 aliphatic carbocycles. The molecular formula is C13H17ClN4OS. The minimum atomic E-state index is -0.257. The van der Waals surface area contributed by atoms with E-state index >= 15 is 0 Å². The van der Waals surface area contributed by atoms with Gasteiger partial charge in [0.25, 0.3) is 5.56 Å². The minimum absolute atomic E-state index is 0.0377. The molecule has 0 saturated carbocycles. The average Bonchev–Trinajstić information content (AvgIpc) is 2.97. The molecule has 2 aromatic rings. The maximum atomic E-state index is 12.1. The summed E-state index contributed by atoms with van der Waals surface area (Å²) in [4.78, 5) is 16.3. The van der Waals surface area contributed by atoms with Crippen molar-refractivity contribution in [3.05, 3.63) is 38.2 Å². The average molecular weight is 313 g/mol. The zero-order valence-corrected chi connectivity index (χ0v) is 13.0. The Kier molecular flexibility index (Phi) is 5.14. The van der Waals surface area contributed by atoms with Crippen molar-refractivity contribution in [3.8, 4) is 0 Å². The summed E-state index contributed by atoms with van der Waals surface area (Å²) < 4.78 is 1.39. The number of halogens is 1. The molecule has 0 aliphatic heterocycles. The number of thiazole rings is 1. The molecule has 5 nitrogen and oxygen atoms in total. The number of hydrogen-bond acceptors (Lipinski definition) is 5. The summed E-state index contributed by atoms with van der Waals surface area (Å²) in [5, 5.41) is 10.5. The molecule has 0 spiro atoms. The molecule has 7 heteroatoms. The zero-order chi connectivity index (χ0) is 14.5. The second kappa shape index (κ2) is 6.85. The van der Waals surface area contributed by atoms with Crippen molar-refractivity contribution < 1.29 is 0 Å². The van der Waals surface area contributed by atoms with Gasteiger partial charge in [0.05, 0.1) is 17.9 Å². The van der Waals surface area contributed by atoms with Crippen molar-refractivity contribution in [2.24, 2.45) is 0 Å². The first-order chi connectivity index (χ1) is 9.67. The highest BCUT2D eigenvalue weighted by Gasteiger charge is 2.15. The van der Waals surface area contributed by atoms with Crippen LogP contribution in [0.2, 0.25) is 5.02 Å². The molecule has 0 aromatic carbocycles. The Balaban J connectivity index is 2.25. The van der Waals surface area contributed by atoms with Gasteiger partial charge in [0.2, 0.25) is 0 Å². The second-order valence-electron chi connectivity index (χ2n) is 4.38. The molecule has 1 unspecified atom stereocenters. The van der Waals surface area contributed by atoms with E-state index in [9.17, 15) is 4.79 Å². The molecular weight excluding hydrogens is 296 g/mol. The third-order valence-corrected chi connectivity index (χ3v) is 4.16. The summed E-state index contributed by atoms with van der Waals surface area (Å²) in [7, 11) is 0. The van der Waals surface area contributed by atoms with E-state index in [0.717, 1.165) is 17.8 Å². The summed E-state index contributed by atoms with van der Waals surface area (Å²) >= 11 is 7.72. The van der Waals surface area contributed by atoms with E-state index in [1.54, 1.807) is 23.7 Å². The van der Waals surface area contributed by atoms with E-state index in [-0.39, 0.29) is 16.6 Å². The van der Waals surface area contributed by atoms with E-state index in [1.807, 2.05) is 12.3 Å². The maximum absolute atomic E-state index is 12.1. The van der Waals surface area contributed by atoms with Crippen LogP contribution >= 0.6 is 22.9 Å². The van der Waals surface area contributed by atoms with Gasteiger partial charge >= 0.3 is 0 Å². The van der Waals surface area contributed by atoms with Crippen molar-refractivity contribution >= 4 is 28.6 Å². The summed E-state index contributed by atoms with van der Waals surface area (Å²) in [5.74, 6) is 0. The quantitative estimate of drug-likeness (QED) is 0.889. The lowest BCUT2D eigenvalue weighted by molar-refractivity contribution is 0.568. The first-order valence-electron chi connectivity index (χ1n) is 6.58. The Morgan fingerprint density at radius 3 is 2.90 bits per heavy atom. The van der Waals surface area contributed by atoms with Crippen molar-refractivity contribution in [1.29, 1.82) is 0 Å². The van der Waals surface area contributed by atoms with Gasteiger partial charge in [0.1, 0.15) is 10.0 Å². The molecule has 20 heavy (non-hydrogen) atoms. The van der Waals surface area contributed by atoms with Gasteiger partial charge in [-0.3, -0.25) is 4.79 Å². The number of anilines is 1. The predicted molar refractivity (Wildman–Crippen MR) is 82.6 cm³/mol. The first kappa shape index (κ1) is 15.0. The number of aromatic nitrogens is 3. The molecule has 1 atom stereocenters. The highest BCUT2D eigenvalue weighted by molar-refractivity contribution is 7.09. The fourth-order valence-electron chi connectivity index (χ4n) is 1.87. The molecule has 1 N–H and O–H groups in total. The van der Waals surface area contributed by atoms with Crippen LogP contribution in [-0.4, -0.2) is 14.8 Å². The van der Waals surface area contributed by atoms with Crippen LogP contribution < -0.4 is 10.9 Å². The van der Waals surface area contributed by atoms with Crippen LogP contribution in [0, 0.1) is 0 Å². The topological polar surface area (TPSA) is 59.8 Å². The Labute approximate surface area is 126 Å². The first-order valence-corrected chi connectivity index (χ1v) is 7.84. The van der Waals surface area contributed by atoms with E-state index in [1.165, 1.54) is 4.68 Å². The van der Waals surface area contributed by atoms with Gasteiger partial charge in [0, 0.05) is 18.1 Å². The van der Waals surface area contributed by atoms with Crippen LogP contribution in [0.15, 0.2) is 22.6 Å². The Morgan fingerprint density at radius 2 is 2.30 bits per heavy atom. The SMILES string of the molecule is CCCn1ncc(NC(CC)c2nccs2)c(Cl)c1=O. The van der Waals surface area contributed by atoms with Crippen molar-refractivity contribution in [3.63, 3.8) is 0 Å². The largest absolute Gasteiger partial charge is 0.373 e. The maximum Gasteiger partial charge on any atom is 0.287 e. The normalized spacial score (nSPS) is 12.3. The lowest BCUT2D eigenvalue weighted by Gasteiger charge is -2.16. The molecule has 2 heterocycles. The fourth-order valence-corrected chi connectivity index (χ4v) is 2.84. The molecule has 2 aromatic heterocycles. The van der Waals surface area contributed by atoms with Crippen molar-refractivity contribution in [2.75, 3.05) is 5.32 Å². The van der Waals surface area contributed by atoms with Crippen LogP contribution in [0.1, 0.15) is 37.7 Å². The number of rotatable bonds is 6. The van der Waals surface area contributed by atoms with Crippen LogP contribution in [0.5, 0.6) is 0 Å². The molecule has 2 rings (SSSR count). The van der Waals surface area contributed by atoms with Crippen LogP contribution in [-0.2, 0) is 6.54 Å². The molecule has 0 bridgehead atoms. The standard InChI is InChI=1S/C13H17ClN4OS/c1-3-6-18-13(19)11(14)10(8-16-18)17-9(4-2)12-15-5-7-20-12/h5,7-9,17H,3-4,6H2,1-2H3. The third-order valence-electron chi connectivity index (χ3n) is 2.91. The molecule has 0 aliphatic rings. The highest BCUT2D eigenvalue weighted by atomic mass is 35.5. The van der Waals surface area contributed by atoms with E-state index in [2.05, 4.69) is 22.3 Å². The Hall–Kier alpha value is -1.40. The summed E-state index contributed by atoms with van der Waals surface area (Å²) in [5.41, 5.74) is 0.304. The monoisotopic (exact) mass is 312 g/mol. The van der Waals surface area contributed by atoms with E-state index < -0.39 is 0 Å². The highest BCUT2D eigenvalue weighted by Crippen LogP contribution is 2.26. The smallest absolute Gasteiger partial charge is 0.287 e. The Bertz CT molecular complexity index is 611. The van der Waals surface area contributed by atoms with Gasteiger partial charge in [-0.15, -0.1) is 11.3 Å². The molecule has 0 amide bonds. The lowest BCUT2D eigenvalue weighted by atomic mass is 10.2. The predicted octanol–water partition coefficient (Wildman–Crippen LogP) is 3.33. The lowest BCUT2D eigenvalue weighted by Crippen LogP contribution is -2.24. The van der Waals surface area contributed by atoms with E-state index in [4.69, 9.17) is 11.6 Å². The number of nitrogens with zero attached hydrogens (tertiary/aromatic N) is 3. The summed E-state index contributed by atoms with van der Waals surface area (Å²) in [6, 6.07) is 0.0377. The van der Waals surface area contributed by atoms with Gasteiger partial charge in [-0.2, -0.15) is 5.10 Å². The molecule has 0 fully saturated rings. The van der Waals surface area contributed by atoms with Gasteiger partial charge in [-0.25, -0.2) is 9.67 Å². The second-order valence-corrected chi connectivity index (χ2v) is 5.68. The van der Waals surface area contributed by atoms with Gasteiger partial charge in [0.15, 0.2) is 0 Å². The molecule has 0 saturated heterocycles. The fraction of sp³-hybridized carbons (Fsp3) is 0.462. The van der Waals surface area contributed by atoms with Gasteiger partial charge < -0.3 is 5.32 Å². The Morgan fingerprint density at radius 1 is 1.50 bits per heavy atom. The van der Waals surface area contributed by atoms with E-state index in [0.29, 0.717) is 12.2 Å². The molecule has 0 radical (unpaired) electrons. The number of hydrogen-bond donors (Lipinski definition) is 1. The zero-order valence-electron chi connectivity index (χ0n) is 11.5. The third kappa shape index (κ3) is 3.19. The molecule has 108 valence electrons. The van der Waals surface area contributed by atoms with Crippen LogP contribution in [0.3, 0.4) is 0 Å². The van der Waals surface area contributed by atoms with Crippen molar-refractivity contribution in [1.82, 2.24) is 14.8 Å². The summed E-state index contributed by atoms with van der Waals surface area (Å²) in [6.45, 7) is 4.62. The van der Waals surface area contributed by atoms with Gasteiger partial charge in [-0.05, 0) is 12.8 Å². The number of nitrogens with one attached hydrogen (secondary N) is 1. The summed E-state index contributed by atoms with van der Waals surface area (Å²) in [6.07, 6.45) is 5.06. The minimum Gasteiger partial charge on any atom is -0.373 e. The van der Waals surface area contributed by atoms with Crippen LogP contribution in [0.4, 0.5) is 5.69 Å². The van der Waals surface area contributed by atoms with Crippen molar-refractivity contribution in [2.45, 2.75) is 39.3 Å². The van der Waals surface area contributed by atoms with Gasteiger partial charge in [-0.1, -0.05) is 25.4 Å².